The van der Waals surface area contributed by atoms with Gasteiger partial charge >= 0.3 is 0 Å². The molecule has 0 amide bonds. The van der Waals surface area contributed by atoms with Crippen LogP contribution in [0.15, 0.2) is 66.0 Å². The number of hydrogen-bond donors (Lipinski definition) is 2. The Hall–Kier alpha value is -2.61. The summed E-state index contributed by atoms with van der Waals surface area (Å²) in [5.74, 6) is 0.506. The topological polar surface area (TPSA) is 78.0 Å². The average Bonchev–Trinajstić information content (AvgIpc) is 3.35. The molecule has 3 heterocycles. The summed E-state index contributed by atoms with van der Waals surface area (Å²) in [5.41, 5.74) is 6.76. The molecule has 5 rings (SSSR count). The first-order valence-electron chi connectivity index (χ1n) is 9.39. The second kappa shape index (κ2) is 7.43. The van der Waals surface area contributed by atoms with Crippen molar-refractivity contribution in [2.75, 3.05) is 12.3 Å². The fraction of sp³-hybridized carbons (Fsp3) is 0.238. The van der Waals surface area contributed by atoms with Crippen LogP contribution in [0.2, 0.25) is 0 Å². The summed E-state index contributed by atoms with van der Waals surface area (Å²) in [6.45, 7) is 0.796. The van der Waals surface area contributed by atoms with Crippen LogP contribution < -0.4 is 10.5 Å². The highest BCUT2D eigenvalue weighted by atomic mass is 32.2. The van der Waals surface area contributed by atoms with E-state index < -0.39 is 0 Å². The number of anilines is 1. The lowest BCUT2D eigenvalue weighted by atomic mass is 10.1. The van der Waals surface area contributed by atoms with Gasteiger partial charge in [-0.3, -0.25) is 4.72 Å². The second-order valence-corrected chi connectivity index (χ2v) is 7.93. The van der Waals surface area contributed by atoms with Crippen LogP contribution in [0.5, 0.6) is 0 Å². The molecule has 0 bridgehead atoms. The minimum atomic E-state index is -0.00994. The first-order chi connectivity index (χ1) is 13.8. The van der Waals surface area contributed by atoms with Gasteiger partial charge in [-0.25, -0.2) is 9.97 Å². The number of ether oxygens (including phenoxy) is 1. The van der Waals surface area contributed by atoms with Crippen LogP contribution in [-0.2, 0) is 4.74 Å². The third-order valence-electron chi connectivity index (χ3n) is 5.16. The minimum Gasteiger partial charge on any atom is -0.383 e. The number of aromatic nitrogens is 3. The Balaban J connectivity index is 1.20. The van der Waals surface area contributed by atoms with Gasteiger partial charge in [0, 0.05) is 17.6 Å². The van der Waals surface area contributed by atoms with Gasteiger partial charge in [-0.15, -0.1) is 0 Å². The average molecular weight is 392 g/mol. The first kappa shape index (κ1) is 17.5. The lowest BCUT2D eigenvalue weighted by Crippen LogP contribution is -2.22. The largest absolute Gasteiger partial charge is 0.383 e. The smallest absolute Gasteiger partial charge is 0.147 e. The third kappa shape index (κ3) is 3.32. The SMILES string of the molecule is Nc1ncnc2c1ccn2C1CCC(CNSc2ccc3ccccc3c2)O1. The van der Waals surface area contributed by atoms with Crippen LogP contribution in [0, 0.1) is 0 Å². The maximum absolute atomic E-state index is 6.25. The molecule has 142 valence electrons. The Labute approximate surface area is 167 Å². The number of nitrogens with two attached hydrogens (primary N) is 1. The van der Waals surface area contributed by atoms with Crippen molar-refractivity contribution in [2.24, 2.45) is 0 Å². The Morgan fingerprint density at radius 1 is 1.11 bits per heavy atom. The van der Waals surface area contributed by atoms with E-state index in [-0.39, 0.29) is 12.3 Å². The zero-order chi connectivity index (χ0) is 18.9. The maximum atomic E-state index is 6.25. The molecule has 0 spiro atoms. The molecule has 0 aliphatic carbocycles. The van der Waals surface area contributed by atoms with Crippen molar-refractivity contribution in [1.82, 2.24) is 19.3 Å². The van der Waals surface area contributed by atoms with E-state index in [4.69, 9.17) is 10.5 Å². The van der Waals surface area contributed by atoms with E-state index in [1.165, 1.54) is 22.0 Å². The zero-order valence-electron chi connectivity index (χ0n) is 15.3. The van der Waals surface area contributed by atoms with Crippen LogP contribution >= 0.6 is 11.9 Å². The highest BCUT2D eigenvalue weighted by molar-refractivity contribution is 7.97. The van der Waals surface area contributed by atoms with Crippen molar-refractivity contribution in [3.63, 3.8) is 0 Å². The molecule has 2 aromatic carbocycles. The summed E-state index contributed by atoms with van der Waals surface area (Å²) >= 11 is 1.65. The number of nitrogens with zero attached hydrogens (tertiary/aromatic N) is 3. The Morgan fingerprint density at radius 2 is 2.00 bits per heavy atom. The van der Waals surface area contributed by atoms with Crippen LogP contribution in [0.25, 0.3) is 21.8 Å². The van der Waals surface area contributed by atoms with Crippen LogP contribution in [0.3, 0.4) is 0 Å². The van der Waals surface area contributed by atoms with Gasteiger partial charge in [-0.1, -0.05) is 30.3 Å². The van der Waals surface area contributed by atoms with Crippen LogP contribution in [0.4, 0.5) is 5.82 Å². The lowest BCUT2D eigenvalue weighted by molar-refractivity contribution is 0.00771. The molecule has 1 fully saturated rings. The minimum absolute atomic E-state index is 0.00994. The molecule has 1 saturated heterocycles. The Kier molecular flexibility index (Phi) is 4.64. The predicted octanol–water partition coefficient (Wildman–Crippen LogP) is 4.14. The quantitative estimate of drug-likeness (QED) is 0.498. The van der Waals surface area contributed by atoms with Gasteiger partial charge in [0.2, 0.25) is 0 Å². The summed E-state index contributed by atoms with van der Waals surface area (Å²) < 4.78 is 11.8. The van der Waals surface area contributed by atoms with Gasteiger partial charge in [0.25, 0.3) is 0 Å². The van der Waals surface area contributed by atoms with E-state index >= 15 is 0 Å². The summed E-state index contributed by atoms with van der Waals surface area (Å²) in [6, 6.07) is 16.9. The van der Waals surface area contributed by atoms with Crippen molar-refractivity contribution in [1.29, 1.82) is 0 Å². The molecule has 2 unspecified atom stereocenters. The standard InChI is InChI=1S/C21H21N5OS/c22-20-18-9-10-26(21(18)24-13-23-20)19-8-6-16(27-19)12-25-28-17-7-5-14-3-1-2-4-15(14)11-17/h1-5,7,9-11,13,16,19,25H,6,8,12H2,(H2,22,23,24). The van der Waals surface area contributed by atoms with Gasteiger partial charge in [0.1, 0.15) is 24.0 Å². The molecular formula is C21H21N5OS. The van der Waals surface area contributed by atoms with Gasteiger partial charge in [-0.05, 0) is 53.8 Å². The van der Waals surface area contributed by atoms with E-state index in [0.717, 1.165) is 30.4 Å². The molecular weight excluding hydrogens is 370 g/mol. The maximum Gasteiger partial charge on any atom is 0.147 e. The summed E-state index contributed by atoms with van der Waals surface area (Å²) in [4.78, 5) is 9.63. The fourth-order valence-electron chi connectivity index (χ4n) is 3.71. The van der Waals surface area contributed by atoms with Crippen molar-refractivity contribution in [3.05, 3.63) is 61.1 Å². The molecule has 7 heteroatoms. The van der Waals surface area contributed by atoms with Crippen LogP contribution in [-0.4, -0.2) is 27.2 Å². The molecule has 6 nitrogen and oxygen atoms in total. The Bertz CT molecular complexity index is 1130. The summed E-state index contributed by atoms with van der Waals surface area (Å²) in [7, 11) is 0. The molecule has 1 aliphatic rings. The molecule has 2 atom stereocenters. The molecule has 0 radical (unpaired) electrons. The number of nitrogen functional groups attached to an aromatic ring is 1. The van der Waals surface area contributed by atoms with Gasteiger partial charge in [0.05, 0.1) is 11.5 Å². The summed E-state index contributed by atoms with van der Waals surface area (Å²) in [5, 5.41) is 3.39. The number of nitrogens with one attached hydrogen (secondary N) is 1. The number of benzene rings is 2. The molecule has 4 aromatic rings. The van der Waals surface area contributed by atoms with Crippen molar-refractivity contribution in [2.45, 2.75) is 30.1 Å². The Morgan fingerprint density at radius 3 is 2.93 bits per heavy atom. The van der Waals surface area contributed by atoms with E-state index in [9.17, 15) is 0 Å². The number of fused-ring (bicyclic) bond motifs is 2. The molecule has 2 aromatic heterocycles. The lowest BCUT2D eigenvalue weighted by Gasteiger charge is -2.16. The van der Waals surface area contributed by atoms with E-state index in [1.807, 2.05) is 12.3 Å². The monoisotopic (exact) mass is 391 g/mol. The van der Waals surface area contributed by atoms with Crippen molar-refractivity contribution >= 4 is 39.6 Å². The third-order valence-corrected chi connectivity index (χ3v) is 5.96. The highest BCUT2D eigenvalue weighted by Gasteiger charge is 2.27. The molecule has 0 saturated carbocycles. The van der Waals surface area contributed by atoms with E-state index in [1.54, 1.807) is 11.9 Å². The normalized spacial score (nSPS) is 19.6. The predicted molar refractivity (Wildman–Crippen MR) is 113 cm³/mol. The van der Waals surface area contributed by atoms with E-state index in [0.29, 0.717) is 5.82 Å². The molecule has 28 heavy (non-hydrogen) atoms. The summed E-state index contributed by atoms with van der Waals surface area (Å²) in [6.07, 6.45) is 5.62. The highest BCUT2D eigenvalue weighted by Crippen LogP contribution is 2.32. The number of hydrogen-bond acceptors (Lipinski definition) is 6. The zero-order valence-corrected chi connectivity index (χ0v) is 16.1. The fourth-order valence-corrected chi connectivity index (χ4v) is 4.47. The van der Waals surface area contributed by atoms with Gasteiger partial charge in [0.15, 0.2) is 0 Å². The van der Waals surface area contributed by atoms with Gasteiger partial charge in [-0.2, -0.15) is 0 Å². The first-order valence-corrected chi connectivity index (χ1v) is 10.2. The molecule has 3 N–H and O–H groups in total. The van der Waals surface area contributed by atoms with Gasteiger partial charge < -0.3 is 15.0 Å². The number of rotatable bonds is 5. The van der Waals surface area contributed by atoms with Crippen molar-refractivity contribution in [3.8, 4) is 0 Å². The van der Waals surface area contributed by atoms with Crippen molar-refractivity contribution < 1.29 is 4.74 Å². The second-order valence-electron chi connectivity index (χ2n) is 6.97. The molecule has 1 aliphatic heterocycles. The van der Waals surface area contributed by atoms with E-state index in [2.05, 4.69) is 61.7 Å². The van der Waals surface area contributed by atoms with Crippen LogP contribution in [0.1, 0.15) is 19.1 Å².